The number of nitrogens with zero attached hydrogens (tertiary/aromatic N) is 2. The van der Waals surface area contributed by atoms with Crippen LogP contribution in [0.2, 0.25) is 0 Å². The van der Waals surface area contributed by atoms with Crippen LogP contribution in [0, 0.1) is 11.6 Å². The fourth-order valence-corrected chi connectivity index (χ4v) is 4.43. The van der Waals surface area contributed by atoms with E-state index in [1.54, 1.807) is 11.0 Å². The van der Waals surface area contributed by atoms with Crippen molar-refractivity contribution in [3.8, 4) is 0 Å². The number of hydrogen-bond acceptors (Lipinski definition) is 4. The Morgan fingerprint density at radius 1 is 0.962 bits per heavy atom. The molecule has 1 fully saturated rings. The topological polar surface area (TPSA) is 57.7 Å². The van der Waals surface area contributed by atoms with Crippen molar-refractivity contribution >= 4 is 21.5 Å². The second-order valence-corrected chi connectivity index (χ2v) is 7.95. The maximum atomic E-state index is 14.3. The van der Waals surface area contributed by atoms with Crippen LogP contribution >= 0.6 is 0 Å². The highest BCUT2D eigenvalue weighted by molar-refractivity contribution is 7.89. The van der Waals surface area contributed by atoms with Gasteiger partial charge in [-0.1, -0.05) is 12.1 Å². The molecule has 3 rings (SSSR count). The third kappa shape index (κ3) is 3.47. The molecular weight excluding hydrogens is 362 g/mol. The van der Waals surface area contributed by atoms with Gasteiger partial charge in [0.15, 0.2) is 5.78 Å². The van der Waals surface area contributed by atoms with Crippen LogP contribution in [-0.2, 0) is 10.0 Å². The largest absolute Gasteiger partial charge is 0.367 e. The molecule has 2 aromatic rings. The lowest BCUT2D eigenvalue weighted by Crippen LogP contribution is -2.49. The molecule has 0 aliphatic carbocycles. The minimum Gasteiger partial charge on any atom is -0.367 e. The van der Waals surface area contributed by atoms with E-state index in [1.807, 2.05) is 0 Å². The molecule has 0 aromatic heterocycles. The molecule has 0 radical (unpaired) electrons. The van der Waals surface area contributed by atoms with Gasteiger partial charge in [-0.05, 0) is 37.3 Å². The summed E-state index contributed by atoms with van der Waals surface area (Å²) in [5.41, 5.74) is 0.602. The Morgan fingerprint density at radius 2 is 1.62 bits per heavy atom. The molecule has 1 aliphatic rings. The molecule has 0 saturated carbocycles. The highest BCUT2D eigenvalue weighted by atomic mass is 32.2. The standard InChI is InChI=1S/C18H18F2N2O3S/c1-13(23)14-6-7-17(16(20)12-14)21-8-10-22(11-9-21)26(24,25)18-5-3-2-4-15(18)19/h2-7,12H,8-11H2,1H3. The van der Waals surface area contributed by atoms with E-state index in [1.165, 1.54) is 41.6 Å². The number of halogens is 2. The van der Waals surface area contributed by atoms with Gasteiger partial charge in [-0.15, -0.1) is 0 Å². The van der Waals surface area contributed by atoms with Crippen molar-refractivity contribution in [3.63, 3.8) is 0 Å². The number of ketones is 1. The highest BCUT2D eigenvalue weighted by Crippen LogP contribution is 2.25. The summed E-state index contributed by atoms with van der Waals surface area (Å²) in [6.45, 7) is 2.13. The van der Waals surface area contributed by atoms with Crippen molar-refractivity contribution in [2.75, 3.05) is 31.1 Å². The molecule has 8 heteroatoms. The molecule has 0 N–H and O–H groups in total. The van der Waals surface area contributed by atoms with Gasteiger partial charge in [-0.2, -0.15) is 4.31 Å². The Hall–Kier alpha value is -2.32. The van der Waals surface area contributed by atoms with E-state index < -0.39 is 21.7 Å². The summed E-state index contributed by atoms with van der Waals surface area (Å²) >= 11 is 0. The molecular formula is C18H18F2N2O3S. The molecule has 2 aromatic carbocycles. The van der Waals surface area contributed by atoms with Gasteiger partial charge in [0.05, 0.1) is 5.69 Å². The number of Topliss-reactive ketones (excluding diaryl/α,β-unsaturated/α-hetero) is 1. The van der Waals surface area contributed by atoms with Crippen molar-refractivity contribution in [2.24, 2.45) is 0 Å². The predicted molar refractivity (Wildman–Crippen MR) is 93.8 cm³/mol. The zero-order valence-corrected chi connectivity index (χ0v) is 15.0. The molecule has 0 amide bonds. The fourth-order valence-electron chi connectivity index (χ4n) is 2.94. The van der Waals surface area contributed by atoms with Crippen molar-refractivity contribution in [1.82, 2.24) is 4.31 Å². The van der Waals surface area contributed by atoms with Crippen LogP contribution in [0.25, 0.3) is 0 Å². The number of piperazine rings is 1. The number of carbonyl (C=O) groups is 1. The number of benzene rings is 2. The lowest BCUT2D eigenvalue weighted by Gasteiger charge is -2.35. The van der Waals surface area contributed by atoms with Gasteiger partial charge in [-0.25, -0.2) is 17.2 Å². The molecule has 138 valence electrons. The fraction of sp³-hybridized carbons (Fsp3) is 0.278. The second kappa shape index (κ2) is 7.13. The first-order chi connectivity index (χ1) is 12.3. The van der Waals surface area contributed by atoms with Gasteiger partial charge in [0.2, 0.25) is 10.0 Å². The van der Waals surface area contributed by atoms with Gasteiger partial charge in [0.1, 0.15) is 16.5 Å². The maximum Gasteiger partial charge on any atom is 0.246 e. The Morgan fingerprint density at radius 3 is 2.19 bits per heavy atom. The molecule has 0 bridgehead atoms. The summed E-state index contributed by atoms with van der Waals surface area (Å²) in [5.74, 6) is -1.54. The van der Waals surface area contributed by atoms with Crippen molar-refractivity contribution in [2.45, 2.75) is 11.8 Å². The van der Waals surface area contributed by atoms with Crippen LogP contribution < -0.4 is 4.90 Å². The average Bonchev–Trinajstić information content (AvgIpc) is 2.62. The number of hydrogen-bond donors (Lipinski definition) is 0. The van der Waals surface area contributed by atoms with E-state index in [9.17, 15) is 22.0 Å². The normalized spacial score (nSPS) is 15.9. The molecule has 1 heterocycles. The van der Waals surface area contributed by atoms with Crippen LogP contribution in [0.5, 0.6) is 0 Å². The first-order valence-corrected chi connectivity index (χ1v) is 9.55. The highest BCUT2D eigenvalue weighted by Gasteiger charge is 2.31. The number of anilines is 1. The first kappa shape index (κ1) is 18.5. The third-order valence-corrected chi connectivity index (χ3v) is 6.32. The quantitative estimate of drug-likeness (QED) is 0.766. The van der Waals surface area contributed by atoms with E-state index in [0.29, 0.717) is 5.69 Å². The lowest BCUT2D eigenvalue weighted by molar-refractivity contribution is 0.101. The number of carbonyl (C=O) groups excluding carboxylic acids is 1. The Bertz CT molecular complexity index is 939. The molecule has 26 heavy (non-hydrogen) atoms. The van der Waals surface area contributed by atoms with E-state index in [0.717, 1.165) is 6.07 Å². The first-order valence-electron chi connectivity index (χ1n) is 8.11. The molecule has 1 aliphatic heterocycles. The van der Waals surface area contributed by atoms with Gasteiger partial charge >= 0.3 is 0 Å². The summed E-state index contributed by atoms with van der Waals surface area (Å²) in [7, 11) is -3.93. The van der Waals surface area contributed by atoms with Crippen LogP contribution in [0.15, 0.2) is 47.4 Å². The molecule has 5 nitrogen and oxygen atoms in total. The number of sulfonamides is 1. The predicted octanol–water partition coefficient (Wildman–Crippen LogP) is 2.68. The summed E-state index contributed by atoms with van der Waals surface area (Å²) in [6.07, 6.45) is 0. The van der Waals surface area contributed by atoms with Crippen molar-refractivity contribution in [1.29, 1.82) is 0 Å². The summed E-state index contributed by atoms with van der Waals surface area (Å²) < 4.78 is 54.5. The Kier molecular flexibility index (Phi) is 5.06. The zero-order valence-electron chi connectivity index (χ0n) is 14.2. The van der Waals surface area contributed by atoms with Gasteiger partial charge in [0, 0.05) is 31.7 Å². The van der Waals surface area contributed by atoms with E-state index in [-0.39, 0.29) is 42.4 Å². The van der Waals surface area contributed by atoms with Crippen LogP contribution in [0.3, 0.4) is 0 Å². The Labute approximate surface area is 150 Å². The monoisotopic (exact) mass is 380 g/mol. The SMILES string of the molecule is CC(=O)c1ccc(N2CCN(S(=O)(=O)c3ccccc3F)CC2)c(F)c1. The second-order valence-electron chi connectivity index (χ2n) is 6.04. The average molecular weight is 380 g/mol. The summed E-state index contributed by atoms with van der Waals surface area (Å²) in [4.78, 5) is 12.7. The van der Waals surface area contributed by atoms with Gasteiger partial charge in [0.25, 0.3) is 0 Å². The molecule has 0 atom stereocenters. The van der Waals surface area contributed by atoms with Crippen LogP contribution in [-0.4, -0.2) is 44.7 Å². The van der Waals surface area contributed by atoms with E-state index >= 15 is 0 Å². The Balaban J connectivity index is 1.75. The van der Waals surface area contributed by atoms with Crippen molar-refractivity contribution in [3.05, 3.63) is 59.7 Å². The zero-order chi connectivity index (χ0) is 18.9. The van der Waals surface area contributed by atoms with Gasteiger partial charge < -0.3 is 4.90 Å². The minimum atomic E-state index is -3.93. The summed E-state index contributed by atoms with van der Waals surface area (Å²) in [5, 5.41) is 0. The smallest absolute Gasteiger partial charge is 0.246 e. The van der Waals surface area contributed by atoms with E-state index in [4.69, 9.17) is 0 Å². The van der Waals surface area contributed by atoms with E-state index in [2.05, 4.69) is 0 Å². The number of rotatable bonds is 4. The maximum absolute atomic E-state index is 14.3. The minimum absolute atomic E-state index is 0.116. The molecule has 0 unspecified atom stereocenters. The van der Waals surface area contributed by atoms with Crippen molar-refractivity contribution < 1.29 is 22.0 Å². The third-order valence-electron chi connectivity index (χ3n) is 4.39. The van der Waals surface area contributed by atoms with Crippen LogP contribution in [0.4, 0.5) is 14.5 Å². The van der Waals surface area contributed by atoms with Gasteiger partial charge in [-0.3, -0.25) is 4.79 Å². The molecule has 1 saturated heterocycles. The molecule has 0 spiro atoms. The lowest BCUT2D eigenvalue weighted by atomic mass is 10.1. The van der Waals surface area contributed by atoms with Crippen LogP contribution in [0.1, 0.15) is 17.3 Å². The summed E-state index contributed by atoms with van der Waals surface area (Å²) in [6, 6.07) is 9.49.